The summed E-state index contributed by atoms with van der Waals surface area (Å²) in [6.07, 6.45) is 0.302. The topological polar surface area (TPSA) is 65.0 Å². The molecule has 5 nitrogen and oxygen atoms in total. The van der Waals surface area contributed by atoms with Crippen molar-refractivity contribution in [2.24, 2.45) is 0 Å². The third kappa shape index (κ3) is 5.21. The van der Waals surface area contributed by atoms with Gasteiger partial charge in [0.25, 0.3) is 0 Å². The number of benzene rings is 3. The number of rotatable bonds is 8. The molecule has 0 aliphatic carbocycles. The molecule has 1 aliphatic heterocycles. The fourth-order valence-electron chi connectivity index (χ4n) is 3.51. The Morgan fingerprint density at radius 2 is 1.74 bits per heavy atom. The van der Waals surface area contributed by atoms with Crippen molar-refractivity contribution in [3.63, 3.8) is 0 Å². The molecule has 0 radical (unpaired) electrons. The number of methoxy groups -OCH3 is 1. The molecular weight excluding hydrogens is 412 g/mol. The molecule has 0 aromatic heterocycles. The van der Waals surface area contributed by atoms with Gasteiger partial charge >= 0.3 is 5.97 Å². The Hall–Kier alpha value is -2.96. The number of hydrogen-bond donors (Lipinski definition) is 1. The summed E-state index contributed by atoms with van der Waals surface area (Å²) < 4.78 is 17.1. The molecule has 2 atom stereocenters. The van der Waals surface area contributed by atoms with Crippen molar-refractivity contribution in [3.8, 4) is 17.2 Å². The highest BCUT2D eigenvalue weighted by Gasteiger charge is 2.24. The van der Waals surface area contributed by atoms with E-state index in [0.29, 0.717) is 13.0 Å². The maximum atomic E-state index is 11.1. The first-order chi connectivity index (χ1) is 15.1. The molecular formula is C25H24O5S. The summed E-state index contributed by atoms with van der Waals surface area (Å²) in [6, 6.07) is 23.7. The fourth-order valence-corrected chi connectivity index (χ4v) is 4.74. The average molecular weight is 437 g/mol. The Morgan fingerprint density at radius 3 is 2.48 bits per heavy atom. The number of carboxylic acids is 1. The molecule has 0 spiro atoms. The number of fused-ring (bicyclic) bond motifs is 2. The summed E-state index contributed by atoms with van der Waals surface area (Å²) >= 11 is 1.80. The van der Waals surface area contributed by atoms with Crippen LogP contribution < -0.4 is 9.47 Å². The van der Waals surface area contributed by atoms with Crippen LogP contribution in [0.1, 0.15) is 22.8 Å². The van der Waals surface area contributed by atoms with Crippen molar-refractivity contribution in [1.82, 2.24) is 0 Å². The Balaban J connectivity index is 1.39. The SMILES string of the molecule is COC(Cc1ccc(OCCC2Sc3ccccc3Oc3ccccc32)cc1)C(=O)O. The molecule has 2 unspecified atom stereocenters. The lowest BCUT2D eigenvalue weighted by Crippen LogP contribution is -2.24. The van der Waals surface area contributed by atoms with Crippen LogP contribution in [0, 0.1) is 0 Å². The van der Waals surface area contributed by atoms with Gasteiger partial charge in [-0.3, -0.25) is 0 Å². The normalized spacial score (nSPS) is 15.7. The molecule has 0 saturated heterocycles. The van der Waals surface area contributed by atoms with Gasteiger partial charge in [-0.2, -0.15) is 0 Å². The number of aliphatic carboxylic acids is 1. The van der Waals surface area contributed by atoms with E-state index in [2.05, 4.69) is 12.1 Å². The standard InChI is InChI=1S/C25H24O5S/c1-28-22(25(26)27)16-17-10-12-18(13-11-17)29-15-14-23-19-6-2-3-7-20(19)30-21-8-4-5-9-24(21)31-23/h2-13,22-23H,14-16H2,1H3,(H,26,27). The minimum absolute atomic E-state index is 0.220. The highest BCUT2D eigenvalue weighted by atomic mass is 32.2. The Labute approximate surface area is 186 Å². The van der Waals surface area contributed by atoms with Gasteiger partial charge in [0.1, 0.15) is 17.2 Å². The monoisotopic (exact) mass is 436 g/mol. The van der Waals surface area contributed by atoms with Gasteiger partial charge in [0.2, 0.25) is 0 Å². The first kappa shape index (κ1) is 21.3. The summed E-state index contributed by atoms with van der Waals surface area (Å²) in [6.45, 7) is 0.559. The molecule has 0 amide bonds. The van der Waals surface area contributed by atoms with E-state index in [4.69, 9.17) is 19.3 Å². The Bertz CT molecular complexity index is 1030. The highest BCUT2D eigenvalue weighted by Crippen LogP contribution is 2.49. The third-order valence-electron chi connectivity index (χ3n) is 5.16. The zero-order chi connectivity index (χ0) is 21.6. The summed E-state index contributed by atoms with van der Waals surface area (Å²) in [4.78, 5) is 12.2. The summed E-state index contributed by atoms with van der Waals surface area (Å²) in [5.41, 5.74) is 2.06. The van der Waals surface area contributed by atoms with Crippen LogP contribution in [0.2, 0.25) is 0 Å². The van der Waals surface area contributed by atoms with Crippen LogP contribution in [0.25, 0.3) is 0 Å². The summed E-state index contributed by atoms with van der Waals surface area (Å²) in [7, 11) is 1.41. The second-order valence-electron chi connectivity index (χ2n) is 7.24. The van der Waals surface area contributed by atoms with Gasteiger partial charge in [0, 0.05) is 24.3 Å². The molecule has 0 fully saturated rings. The van der Waals surface area contributed by atoms with Gasteiger partial charge in [-0.05, 0) is 42.3 Å². The van der Waals surface area contributed by atoms with Crippen molar-refractivity contribution in [2.45, 2.75) is 29.1 Å². The second-order valence-corrected chi connectivity index (χ2v) is 8.49. The zero-order valence-corrected chi connectivity index (χ0v) is 18.0. The van der Waals surface area contributed by atoms with Crippen molar-refractivity contribution < 1.29 is 24.1 Å². The minimum atomic E-state index is -0.963. The molecule has 6 heteroatoms. The van der Waals surface area contributed by atoms with Gasteiger partial charge in [0.05, 0.1) is 11.5 Å². The van der Waals surface area contributed by atoms with E-state index >= 15 is 0 Å². The van der Waals surface area contributed by atoms with Crippen LogP contribution in [0.5, 0.6) is 17.2 Å². The van der Waals surface area contributed by atoms with E-state index in [9.17, 15) is 4.79 Å². The molecule has 3 aromatic carbocycles. The highest BCUT2D eigenvalue weighted by molar-refractivity contribution is 7.99. The van der Waals surface area contributed by atoms with E-state index in [1.54, 1.807) is 11.8 Å². The van der Waals surface area contributed by atoms with Gasteiger partial charge in [-0.15, -0.1) is 11.8 Å². The first-order valence-electron chi connectivity index (χ1n) is 10.1. The van der Waals surface area contributed by atoms with Gasteiger partial charge in [-0.25, -0.2) is 4.79 Å². The predicted octanol–water partition coefficient (Wildman–Crippen LogP) is 5.74. The molecule has 0 bridgehead atoms. The van der Waals surface area contributed by atoms with Crippen LogP contribution in [0.3, 0.4) is 0 Å². The molecule has 1 N–H and O–H groups in total. The average Bonchev–Trinajstić information content (AvgIpc) is 2.95. The van der Waals surface area contributed by atoms with E-state index < -0.39 is 12.1 Å². The van der Waals surface area contributed by atoms with Crippen LogP contribution in [-0.4, -0.2) is 30.9 Å². The van der Waals surface area contributed by atoms with Crippen LogP contribution in [-0.2, 0) is 16.0 Å². The smallest absolute Gasteiger partial charge is 0.333 e. The number of ether oxygens (including phenoxy) is 3. The number of carbonyl (C=O) groups is 1. The van der Waals surface area contributed by atoms with Crippen molar-refractivity contribution in [2.75, 3.05) is 13.7 Å². The lowest BCUT2D eigenvalue weighted by atomic mass is 10.1. The van der Waals surface area contributed by atoms with Crippen molar-refractivity contribution >= 4 is 17.7 Å². The van der Waals surface area contributed by atoms with Gasteiger partial charge in [0.15, 0.2) is 6.10 Å². The molecule has 4 rings (SSSR count). The van der Waals surface area contributed by atoms with E-state index in [0.717, 1.165) is 34.1 Å². The van der Waals surface area contributed by atoms with E-state index in [-0.39, 0.29) is 5.25 Å². The summed E-state index contributed by atoms with van der Waals surface area (Å²) in [5.74, 6) is 1.57. The molecule has 160 valence electrons. The Morgan fingerprint density at radius 1 is 1.03 bits per heavy atom. The van der Waals surface area contributed by atoms with E-state index in [1.165, 1.54) is 12.7 Å². The molecule has 3 aromatic rings. The quantitative estimate of drug-likeness (QED) is 0.486. The number of hydrogen-bond acceptors (Lipinski definition) is 5. The van der Waals surface area contributed by atoms with Crippen LogP contribution in [0.15, 0.2) is 77.7 Å². The first-order valence-corrected chi connectivity index (χ1v) is 11.0. The number of para-hydroxylation sites is 2. The van der Waals surface area contributed by atoms with E-state index in [1.807, 2.05) is 60.7 Å². The zero-order valence-electron chi connectivity index (χ0n) is 17.2. The van der Waals surface area contributed by atoms with Crippen LogP contribution in [0.4, 0.5) is 0 Å². The lowest BCUT2D eigenvalue weighted by Gasteiger charge is -2.17. The second kappa shape index (κ2) is 9.90. The molecule has 31 heavy (non-hydrogen) atoms. The predicted molar refractivity (Wildman–Crippen MR) is 120 cm³/mol. The van der Waals surface area contributed by atoms with Crippen LogP contribution >= 0.6 is 11.8 Å². The molecule has 1 aliphatic rings. The molecule has 0 saturated carbocycles. The third-order valence-corrected chi connectivity index (χ3v) is 6.52. The maximum absolute atomic E-state index is 11.1. The number of carboxylic acid groups (broad SMARTS) is 1. The largest absolute Gasteiger partial charge is 0.494 e. The lowest BCUT2D eigenvalue weighted by molar-refractivity contribution is -0.148. The molecule has 1 heterocycles. The van der Waals surface area contributed by atoms with Crippen molar-refractivity contribution in [1.29, 1.82) is 0 Å². The Kier molecular flexibility index (Phi) is 6.79. The number of thioether (sulfide) groups is 1. The van der Waals surface area contributed by atoms with Gasteiger partial charge < -0.3 is 19.3 Å². The van der Waals surface area contributed by atoms with Gasteiger partial charge in [-0.1, -0.05) is 42.5 Å². The summed E-state index contributed by atoms with van der Waals surface area (Å²) in [5, 5.41) is 9.34. The maximum Gasteiger partial charge on any atom is 0.333 e. The fraction of sp³-hybridized carbons (Fsp3) is 0.240. The van der Waals surface area contributed by atoms with Crippen molar-refractivity contribution in [3.05, 3.63) is 83.9 Å². The minimum Gasteiger partial charge on any atom is -0.494 e.